The number of hydrogen-bond acceptors (Lipinski definition) is 2. The molecular formula is C35H43N3O. The first-order chi connectivity index (χ1) is 19.2. The van der Waals surface area contributed by atoms with Gasteiger partial charge in [0.25, 0.3) is 0 Å². The van der Waals surface area contributed by atoms with Crippen molar-refractivity contribution in [2.45, 2.75) is 75.4 Å². The van der Waals surface area contributed by atoms with Gasteiger partial charge in [-0.2, -0.15) is 0 Å². The molecule has 0 aromatic heterocycles. The summed E-state index contributed by atoms with van der Waals surface area (Å²) in [5.74, 6) is 1.08. The van der Waals surface area contributed by atoms with Crippen molar-refractivity contribution in [2.24, 2.45) is 5.92 Å². The quantitative estimate of drug-likeness (QED) is 0.313. The van der Waals surface area contributed by atoms with Gasteiger partial charge in [0.2, 0.25) is 0 Å². The minimum atomic E-state index is 0.0738. The maximum Gasteiger partial charge on any atom is 0.317 e. The lowest BCUT2D eigenvalue weighted by atomic mass is 9.84. The van der Waals surface area contributed by atoms with Crippen LogP contribution < -0.4 is 5.32 Å². The first-order valence-electron chi connectivity index (χ1n) is 15.1. The molecule has 2 heterocycles. The molecule has 0 radical (unpaired) electrons. The third-order valence-corrected chi connectivity index (χ3v) is 9.70. The Labute approximate surface area is 234 Å². The summed E-state index contributed by atoms with van der Waals surface area (Å²) in [6.45, 7) is 1.95. The number of nitrogens with zero attached hydrogens (tertiary/aromatic N) is 2. The van der Waals surface area contributed by atoms with E-state index in [9.17, 15) is 4.79 Å². The van der Waals surface area contributed by atoms with Crippen LogP contribution in [-0.4, -0.2) is 42.0 Å². The maximum atomic E-state index is 13.1. The molecule has 2 aliphatic heterocycles. The molecule has 1 aliphatic carbocycles. The highest BCUT2D eigenvalue weighted by atomic mass is 16.2. The average Bonchev–Trinajstić information content (AvgIpc) is 3.54. The van der Waals surface area contributed by atoms with E-state index in [1.807, 2.05) is 11.9 Å². The number of carbonyl (C=O) groups is 1. The second-order valence-electron chi connectivity index (χ2n) is 12.0. The van der Waals surface area contributed by atoms with E-state index in [1.165, 1.54) is 49.8 Å². The molecule has 3 aromatic rings. The van der Waals surface area contributed by atoms with Crippen molar-refractivity contribution in [1.29, 1.82) is 0 Å². The molecule has 3 aromatic carbocycles. The van der Waals surface area contributed by atoms with Crippen LogP contribution in [-0.2, 0) is 0 Å². The summed E-state index contributed by atoms with van der Waals surface area (Å²) < 4.78 is 0. The molecule has 1 saturated carbocycles. The molecule has 204 valence electrons. The van der Waals surface area contributed by atoms with Crippen molar-refractivity contribution in [3.05, 3.63) is 107 Å². The SMILES string of the molecule is CN(CCC(c1ccccc1)c1ccccc1)C(=O)NC1CCC(CCN2C3CCC2c2ccccc23)CC1. The van der Waals surface area contributed by atoms with Crippen molar-refractivity contribution in [3.8, 4) is 0 Å². The lowest BCUT2D eigenvalue weighted by molar-refractivity contribution is 0.179. The van der Waals surface area contributed by atoms with E-state index in [1.54, 1.807) is 11.1 Å². The van der Waals surface area contributed by atoms with Gasteiger partial charge in [-0.15, -0.1) is 0 Å². The van der Waals surface area contributed by atoms with Crippen LogP contribution in [0.2, 0.25) is 0 Å². The number of hydrogen-bond donors (Lipinski definition) is 1. The van der Waals surface area contributed by atoms with Crippen LogP contribution in [0.5, 0.6) is 0 Å². The molecule has 2 bridgehead atoms. The maximum absolute atomic E-state index is 13.1. The first-order valence-corrected chi connectivity index (χ1v) is 15.1. The molecule has 2 atom stereocenters. The highest BCUT2D eigenvalue weighted by Gasteiger charge is 2.43. The molecule has 4 nitrogen and oxygen atoms in total. The monoisotopic (exact) mass is 521 g/mol. The lowest BCUT2D eigenvalue weighted by Gasteiger charge is -2.32. The molecule has 2 unspecified atom stereocenters. The summed E-state index contributed by atoms with van der Waals surface area (Å²) in [6.07, 6.45) is 9.53. The first kappa shape index (κ1) is 26.1. The summed E-state index contributed by atoms with van der Waals surface area (Å²) in [5, 5.41) is 3.35. The number of fused-ring (bicyclic) bond motifs is 5. The second-order valence-corrected chi connectivity index (χ2v) is 12.0. The Morgan fingerprint density at radius 3 is 1.90 bits per heavy atom. The molecule has 2 fully saturated rings. The van der Waals surface area contributed by atoms with Gasteiger partial charge in [0, 0.05) is 37.6 Å². The molecular weight excluding hydrogens is 478 g/mol. The molecule has 6 rings (SSSR count). The van der Waals surface area contributed by atoms with E-state index in [-0.39, 0.29) is 11.9 Å². The Morgan fingerprint density at radius 2 is 1.33 bits per heavy atom. The fourth-order valence-electron chi connectivity index (χ4n) is 7.50. The molecule has 4 heteroatoms. The number of benzene rings is 3. The van der Waals surface area contributed by atoms with Gasteiger partial charge in [-0.1, -0.05) is 84.9 Å². The summed E-state index contributed by atoms with van der Waals surface area (Å²) in [5.41, 5.74) is 5.79. The third-order valence-electron chi connectivity index (χ3n) is 9.70. The highest BCUT2D eigenvalue weighted by molar-refractivity contribution is 5.74. The molecule has 3 aliphatic rings. The second kappa shape index (κ2) is 12.0. The van der Waals surface area contributed by atoms with Gasteiger partial charge in [-0.3, -0.25) is 4.90 Å². The Morgan fingerprint density at radius 1 is 0.795 bits per heavy atom. The van der Waals surface area contributed by atoms with E-state index in [0.29, 0.717) is 18.1 Å². The number of nitrogens with one attached hydrogen (secondary N) is 1. The van der Waals surface area contributed by atoms with E-state index in [0.717, 1.165) is 31.7 Å². The Kier molecular flexibility index (Phi) is 8.01. The largest absolute Gasteiger partial charge is 0.335 e. The Balaban J connectivity index is 0.949. The van der Waals surface area contributed by atoms with E-state index in [4.69, 9.17) is 0 Å². The van der Waals surface area contributed by atoms with E-state index < -0.39 is 0 Å². The van der Waals surface area contributed by atoms with E-state index in [2.05, 4.69) is 95.1 Å². The van der Waals surface area contributed by atoms with Crippen LogP contribution in [0, 0.1) is 5.92 Å². The fraction of sp³-hybridized carbons (Fsp3) is 0.457. The van der Waals surface area contributed by atoms with Crippen LogP contribution in [0.25, 0.3) is 0 Å². The van der Waals surface area contributed by atoms with Crippen LogP contribution in [0.1, 0.15) is 91.6 Å². The zero-order valence-electron chi connectivity index (χ0n) is 23.3. The Hall–Kier alpha value is -3.11. The van der Waals surface area contributed by atoms with Gasteiger partial charge < -0.3 is 10.2 Å². The van der Waals surface area contributed by atoms with Gasteiger partial charge in [0.1, 0.15) is 0 Å². The Bertz CT molecular complexity index is 1150. The molecule has 39 heavy (non-hydrogen) atoms. The predicted octanol–water partition coefficient (Wildman–Crippen LogP) is 7.69. The standard InChI is InChI=1S/C35H43N3O/c1-37(24-23-30(27-10-4-2-5-11-27)28-12-6-3-7-13-28)35(39)36-29-18-16-26(17-19-29)22-25-38-33-20-21-34(38)32-15-9-8-14-31(32)33/h2-15,26,29-30,33-34H,16-25H2,1H3,(H,36,39). The van der Waals surface area contributed by atoms with Gasteiger partial charge in [-0.25, -0.2) is 4.79 Å². The molecule has 1 N–H and O–H groups in total. The fourth-order valence-corrected chi connectivity index (χ4v) is 7.50. The predicted molar refractivity (Wildman–Crippen MR) is 159 cm³/mol. The molecule has 1 saturated heterocycles. The number of rotatable bonds is 9. The summed E-state index contributed by atoms with van der Waals surface area (Å²) >= 11 is 0. The zero-order valence-corrected chi connectivity index (χ0v) is 23.3. The highest BCUT2D eigenvalue weighted by Crippen LogP contribution is 2.53. The summed E-state index contributed by atoms with van der Waals surface area (Å²) in [6, 6.07) is 32.1. The molecule has 2 amide bonds. The summed E-state index contributed by atoms with van der Waals surface area (Å²) in [4.78, 5) is 17.7. The smallest absolute Gasteiger partial charge is 0.317 e. The number of carbonyl (C=O) groups excluding carboxylic acids is 1. The van der Waals surface area contributed by atoms with Crippen LogP contribution in [0.4, 0.5) is 4.79 Å². The van der Waals surface area contributed by atoms with E-state index >= 15 is 0 Å². The lowest BCUT2D eigenvalue weighted by Crippen LogP contribution is -2.45. The van der Waals surface area contributed by atoms with Crippen molar-refractivity contribution in [2.75, 3.05) is 20.1 Å². The van der Waals surface area contributed by atoms with Gasteiger partial charge in [-0.05, 0) is 86.1 Å². The van der Waals surface area contributed by atoms with Crippen molar-refractivity contribution < 1.29 is 4.79 Å². The van der Waals surface area contributed by atoms with Crippen molar-refractivity contribution in [3.63, 3.8) is 0 Å². The van der Waals surface area contributed by atoms with Gasteiger partial charge in [0.15, 0.2) is 0 Å². The van der Waals surface area contributed by atoms with Crippen LogP contribution in [0.15, 0.2) is 84.9 Å². The minimum Gasteiger partial charge on any atom is -0.335 e. The number of urea groups is 1. The van der Waals surface area contributed by atoms with Crippen LogP contribution >= 0.6 is 0 Å². The summed E-state index contributed by atoms with van der Waals surface area (Å²) in [7, 11) is 1.94. The third kappa shape index (κ3) is 5.77. The molecule has 0 spiro atoms. The van der Waals surface area contributed by atoms with Gasteiger partial charge in [0.05, 0.1) is 0 Å². The normalized spacial score (nSPS) is 24.1. The van der Waals surface area contributed by atoms with Crippen molar-refractivity contribution >= 4 is 6.03 Å². The minimum absolute atomic E-state index is 0.0738. The average molecular weight is 522 g/mol. The van der Waals surface area contributed by atoms with Gasteiger partial charge >= 0.3 is 6.03 Å². The van der Waals surface area contributed by atoms with Crippen LogP contribution in [0.3, 0.4) is 0 Å². The topological polar surface area (TPSA) is 35.6 Å². The number of amides is 2. The zero-order chi connectivity index (χ0) is 26.6. The van der Waals surface area contributed by atoms with Crippen molar-refractivity contribution in [1.82, 2.24) is 15.1 Å².